The molecule has 1 atom stereocenters. The number of hydrogen-bond acceptors (Lipinski definition) is 5. The van der Waals surface area contributed by atoms with E-state index in [4.69, 9.17) is 9.47 Å². The van der Waals surface area contributed by atoms with Gasteiger partial charge in [0, 0.05) is 25.3 Å². The first-order valence-electron chi connectivity index (χ1n) is 6.53. The van der Waals surface area contributed by atoms with Gasteiger partial charge in [0.15, 0.2) is 0 Å². The number of rotatable bonds is 6. The van der Waals surface area contributed by atoms with E-state index in [9.17, 15) is 9.90 Å². The van der Waals surface area contributed by atoms with E-state index in [-0.39, 0.29) is 24.2 Å². The molecule has 0 saturated heterocycles. The Morgan fingerprint density at radius 3 is 3.15 bits per heavy atom. The van der Waals surface area contributed by atoms with Crippen molar-refractivity contribution in [1.82, 2.24) is 10.2 Å². The molecule has 1 unspecified atom stereocenters. The van der Waals surface area contributed by atoms with Gasteiger partial charge in [-0.1, -0.05) is 0 Å². The number of carbonyl (C=O) groups is 1. The van der Waals surface area contributed by atoms with Crippen molar-refractivity contribution >= 4 is 5.91 Å². The number of amides is 1. The summed E-state index contributed by atoms with van der Waals surface area (Å²) >= 11 is 0. The summed E-state index contributed by atoms with van der Waals surface area (Å²) in [6.07, 6.45) is 0. The lowest BCUT2D eigenvalue weighted by atomic mass is 10.1. The van der Waals surface area contributed by atoms with Crippen molar-refractivity contribution in [2.45, 2.75) is 6.04 Å². The monoisotopic (exact) mass is 280 g/mol. The van der Waals surface area contributed by atoms with Gasteiger partial charge in [0.1, 0.15) is 18.1 Å². The van der Waals surface area contributed by atoms with Crippen LogP contribution in [0.1, 0.15) is 11.6 Å². The number of phenolic OH excluding ortho intramolecular Hbond substituents is 1. The van der Waals surface area contributed by atoms with Gasteiger partial charge < -0.3 is 19.9 Å². The molecule has 1 amide bonds. The maximum atomic E-state index is 11.8. The van der Waals surface area contributed by atoms with Crippen LogP contribution in [0.3, 0.4) is 0 Å². The minimum atomic E-state index is -0.0446. The summed E-state index contributed by atoms with van der Waals surface area (Å²) in [7, 11) is 3.48. The van der Waals surface area contributed by atoms with Gasteiger partial charge in [-0.05, 0) is 19.2 Å². The molecular formula is C14H20N2O4. The molecule has 1 aromatic rings. The molecule has 0 bridgehead atoms. The quantitative estimate of drug-likeness (QED) is 0.743. The molecule has 6 nitrogen and oxygen atoms in total. The number of benzene rings is 1. The Labute approximate surface area is 118 Å². The Balaban J connectivity index is 1.91. The van der Waals surface area contributed by atoms with Crippen LogP contribution in [0.4, 0.5) is 0 Å². The molecule has 1 heterocycles. The van der Waals surface area contributed by atoms with Crippen molar-refractivity contribution < 1.29 is 19.4 Å². The number of aromatic hydroxyl groups is 1. The maximum Gasteiger partial charge on any atom is 0.234 e. The molecule has 0 radical (unpaired) electrons. The Hall–Kier alpha value is -1.79. The average Bonchev–Trinajstić information content (AvgIpc) is 2.81. The Kier molecular flexibility index (Phi) is 4.81. The van der Waals surface area contributed by atoms with Gasteiger partial charge >= 0.3 is 0 Å². The summed E-state index contributed by atoms with van der Waals surface area (Å²) in [6.45, 7) is 1.79. The molecule has 0 aliphatic carbocycles. The Morgan fingerprint density at radius 1 is 1.60 bits per heavy atom. The van der Waals surface area contributed by atoms with Crippen molar-refractivity contribution in [2.75, 3.05) is 40.5 Å². The second kappa shape index (κ2) is 6.58. The molecule has 1 aromatic carbocycles. The van der Waals surface area contributed by atoms with Crippen LogP contribution in [0.25, 0.3) is 0 Å². The SMILES string of the molecule is COCCNC(=O)CN(C)C1COc2cc(O)ccc21. The van der Waals surface area contributed by atoms with Crippen LogP contribution in [0, 0.1) is 0 Å². The van der Waals surface area contributed by atoms with Crippen molar-refractivity contribution in [1.29, 1.82) is 0 Å². The van der Waals surface area contributed by atoms with E-state index in [0.29, 0.717) is 25.5 Å². The standard InChI is InChI=1S/C14H20N2O4/c1-16(8-14(18)15-5-6-19-2)12-9-20-13-7-10(17)3-4-11(12)13/h3-4,7,12,17H,5-6,8-9H2,1-2H3,(H,15,18). The molecule has 2 rings (SSSR count). The number of ether oxygens (including phenoxy) is 2. The van der Waals surface area contributed by atoms with Gasteiger partial charge in [-0.25, -0.2) is 0 Å². The number of phenols is 1. The maximum absolute atomic E-state index is 11.8. The highest BCUT2D eigenvalue weighted by atomic mass is 16.5. The highest BCUT2D eigenvalue weighted by Gasteiger charge is 2.28. The molecule has 0 saturated carbocycles. The topological polar surface area (TPSA) is 71.0 Å². The zero-order chi connectivity index (χ0) is 14.5. The van der Waals surface area contributed by atoms with Crippen LogP contribution in [0.5, 0.6) is 11.5 Å². The zero-order valence-electron chi connectivity index (χ0n) is 11.8. The van der Waals surface area contributed by atoms with E-state index in [0.717, 1.165) is 5.56 Å². The molecule has 0 spiro atoms. The summed E-state index contributed by atoms with van der Waals surface area (Å²) in [5, 5.41) is 12.2. The predicted octanol–water partition coefficient (Wildman–Crippen LogP) is 0.520. The van der Waals surface area contributed by atoms with Gasteiger partial charge in [0.25, 0.3) is 0 Å². The number of fused-ring (bicyclic) bond motifs is 1. The lowest BCUT2D eigenvalue weighted by Gasteiger charge is -2.22. The largest absolute Gasteiger partial charge is 0.508 e. The van der Waals surface area contributed by atoms with Gasteiger partial charge in [-0.3, -0.25) is 9.69 Å². The second-order valence-electron chi connectivity index (χ2n) is 4.81. The third-order valence-corrected chi connectivity index (χ3v) is 3.31. The van der Waals surface area contributed by atoms with Crippen LogP contribution >= 0.6 is 0 Å². The second-order valence-corrected chi connectivity index (χ2v) is 4.81. The molecular weight excluding hydrogens is 260 g/mol. The molecule has 110 valence electrons. The normalized spacial score (nSPS) is 16.9. The minimum absolute atomic E-state index is 0.0266. The molecule has 20 heavy (non-hydrogen) atoms. The predicted molar refractivity (Wildman–Crippen MR) is 73.9 cm³/mol. The van der Waals surface area contributed by atoms with E-state index in [1.54, 1.807) is 19.2 Å². The summed E-state index contributed by atoms with van der Waals surface area (Å²) < 4.78 is 10.4. The van der Waals surface area contributed by atoms with E-state index >= 15 is 0 Å². The summed E-state index contributed by atoms with van der Waals surface area (Å²) in [6, 6.07) is 5.09. The van der Waals surface area contributed by atoms with Crippen molar-refractivity contribution in [2.24, 2.45) is 0 Å². The van der Waals surface area contributed by atoms with Gasteiger partial charge in [0.2, 0.25) is 5.91 Å². The van der Waals surface area contributed by atoms with Gasteiger partial charge in [0.05, 0.1) is 19.2 Å². The molecule has 1 aliphatic heterocycles. The van der Waals surface area contributed by atoms with Crippen LogP contribution in [-0.4, -0.2) is 56.4 Å². The highest BCUT2D eigenvalue weighted by molar-refractivity contribution is 5.78. The molecule has 1 aliphatic rings. The molecule has 6 heteroatoms. The van der Waals surface area contributed by atoms with Crippen molar-refractivity contribution in [3.05, 3.63) is 23.8 Å². The first-order chi connectivity index (χ1) is 9.61. The number of carbonyl (C=O) groups excluding carboxylic acids is 1. The number of methoxy groups -OCH3 is 1. The highest BCUT2D eigenvalue weighted by Crippen LogP contribution is 2.37. The Bertz CT molecular complexity index is 478. The summed E-state index contributed by atoms with van der Waals surface area (Å²) in [5.41, 5.74) is 0.995. The number of hydrogen-bond donors (Lipinski definition) is 2. The van der Waals surface area contributed by atoms with Crippen LogP contribution in [-0.2, 0) is 9.53 Å². The van der Waals surface area contributed by atoms with Gasteiger partial charge in [-0.2, -0.15) is 0 Å². The molecule has 0 fully saturated rings. The zero-order valence-corrected chi connectivity index (χ0v) is 11.8. The summed E-state index contributed by atoms with van der Waals surface area (Å²) in [4.78, 5) is 13.7. The number of nitrogens with zero attached hydrogens (tertiary/aromatic N) is 1. The van der Waals surface area contributed by atoms with E-state index in [1.807, 2.05) is 18.0 Å². The van der Waals surface area contributed by atoms with E-state index in [2.05, 4.69) is 5.32 Å². The fraction of sp³-hybridized carbons (Fsp3) is 0.500. The van der Waals surface area contributed by atoms with Crippen LogP contribution < -0.4 is 10.1 Å². The van der Waals surface area contributed by atoms with E-state index < -0.39 is 0 Å². The number of likely N-dealkylation sites (N-methyl/N-ethyl adjacent to an activating group) is 1. The fourth-order valence-corrected chi connectivity index (χ4v) is 2.23. The third-order valence-electron chi connectivity index (χ3n) is 3.31. The lowest BCUT2D eigenvalue weighted by molar-refractivity contribution is -0.122. The van der Waals surface area contributed by atoms with Gasteiger partial charge in [-0.15, -0.1) is 0 Å². The smallest absolute Gasteiger partial charge is 0.234 e. The first kappa shape index (κ1) is 14.6. The molecule has 2 N–H and O–H groups in total. The van der Waals surface area contributed by atoms with E-state index in [1.165, 1.54) is 0 Å². The van der Waals surface area contributed by atoms with Crippen LogP contribution in [0.15, 0.2) is 18.2 Å². The minimum Gasteiger partial charge on any atom is -0.508 e. The van der Waals surface area contributed by atoms with Crippen molar-refractivity contribution in [3.63, 3.8) is 0 Å². The molecule has 0 aromatic heterocycles. The average molecular weight is 280 g/mol. The first-order valence-corrected chi connectivity index (χ1v) is 6.53. The fourth-order valence-electron chi connectivity index (χ4n) is 2.23. The third kappa shape index (κ3) is 3.40. The lowest BCUT2D eigenvalue weighted by Crippen LogP contribution is -2.38. The number of nitrogens with one attached hydrogen (secondary N) is 1. The summed E-state index contributed by atoms with van der Waals surface area (Å²) in [5.74, 6) is 0.822. The van der Waals surface area contributed by atoms with Crippen LogP contribution in [0.2, 0.25) is 0 Å². The van der Waals surface area contributed by atoms with Crippen molar-refractivity contribution in [3.8, 4) is 11.5 Å². The Morgan fingerprint density at radius 2 is 2.40 bits per heavy atom.